The van der Waals surface area contributed by atoms with Gasteiger partial charge in [0.15, 0.2) is 0 Å². The molecular formula is C17H21N5O. The minimum Gasteiger partial charge on any atom is -0.399 e. The van der Waals surface area contributed by atoms with Crippen molar-refractivity contribution in [1.29, 1.82) is 0 Å². The molecule has 3 N–H and O–H groups in total. The third-order valence-electron chi connectivity index (χ3n) is 4.03. The summed E-state index contributed by atoms with van der Waals surface area (Å²) in [5.74, 6) is 0.356. The van der Waals surface area contributed by atoms with E-state index < -0.39 is 0 Å². The van der Waals surface area contributed by atoms with Crippen LogP contribution in [0.15, 0.2) is 42.6 Å². The first kappa shape index (κ1) is 15.3. The number of piperazine rings is 1. The third kappa shape index (κ3) is 3.78. The van der Waals surface area contributed by atoms with Crippen LogP contribution in [0.3, 0.4) is 0 Å². The molecule has 3 rings (SSSR count). The summed E-state index contributed by atoms with van der Waals surface area (Å²) in [5.41, 5.74) is 7.91. The number of hydrogen-bond donors (Lipinski definition) is 2. The van der Waals surface area contributed by atoms with Gasteiger partial charge in [0.25, 0.3) is 5.91 Å². The highest BCUT2D eigenvalue weighted by atomic mass is 16.1. The van der Waals surface area contributed by atoms with Crippen molar-refractivity contribution in [3.8, 4) is 0 Å². The number of nitrogens with zero attached hydrogens (tertiary/aromatic N) is 3. The normalized spacial score (nSPS) is 15.4. The second kappa shape index (κ2) is 6.66. The Bertz CT molecular complexity index is 660. The molecule has 120 valence electrons. The molecule has 0 bridgehead atoms. The number of likely N-dealkylation sites (N-methyl/N-ethyl adjacent to an activating group) is 1. The number of anilines is 3. The smallest absolute Gasteiger partial charge is 0.256 e. The molecule has 0 unspecified atom stereocenters. The molecule has 0 radical (unpaired) electrons. The van der Waals surface area contributed by atoms with Crippen molar-refractivity contribution < 1.29 is 4.79 Å². The maximum atomic E-state index is 12.1. The van der Waals surface area contributed by atoms with Crippen LogP contribution in [0, 0.1) is 0 Å². The molecule has 1 saturated heterocycles. The van der Waals surface area contributed by atoms with Crippen molar-refractivity contribution in [2.75, 3.05) is 49.2 Å². The van der Waals surface area contributed by atoms with Crippen LogP contribution < -0.4 is 16.0 Å². The third-order valence-corrected chi connectivity index (χ3v) is 4.03. The quantitative estimate of drug-likeness (QED) is 0.844. The van der Waals surface area contributed by atoms with Crippen LogP contribution in [-0.2, 0) is 0 Å². The Kier molecular flexibility index (Phi) is 4.43. The Hall–Kier alpha value is -2.60. The average molecular weight is 311 g/mol. The zero-order chi connectivity index (χ0) is 16.2. The Morgan fingerprint density at radius 1 is 1.09 bits per heavy atom. The molecule has 1 aromatic heterocycles. The minimum atomic E-state index is -0.190. The van der Waals surface area contributed by atoms with Gasteiger partial charge in [-0.25, -0.2) is 4.98 Å². The van der Waals surface area contributed by atoms with Gasteiger partial charge in [0.05, 0.1) is 11.9 Å². The average Bonchev–Trinajstić information content (AvgIpc) is 2.57. The lowest BCUT2D eigenvalue weighted by Crippen LogP contribution is -2.44. The second-order valence-corrected chi connectivity index (χ2v) is 5.77. The lowest BCUT2D eigenvalue weighted by atomic mass is 10.2. The van der Waals surface area contributed by atoms with Gasteiger partial charge in [-0.15, -0.1) is 0 Å². The van der Waals surface area contributed by atoms with E-state index in [1.54, 1.807) is 24.3 Å². The van der Waals surface area contributed by atoms with Gasteiger partial charge in [-0.05, 0) is 43.4 Å². The van der Waals surface area contributed by atoms with E-state index in [1.807, 2.05) is 18.3 Å². The number of nitrogens with two attached hydrogens (primary N) is 1. The van der Waals surface area contributed by atoms with E-state index in [0.717, 1.165) is 31.9 Å². The number of amides is 1. The highest BCUT2D eigenvalue weighted by Crippen LogP contribution is 2.17. The van der Waals surface area contributed by atoms with Gasteiger partial charge in [-0.3, -0.25) is 4.79 Å². The summed E-state index contributed by atoms with van der Waals surface area (Å²) in [6.45, 7) is 4.09. The summed E-state index contributed by atoms with van der Waals surface area (Å²) in [6, 6.07) is 10.6. The van der Waals surface area contributed by atoms with Crippen LogP contribution in [0.4, 0.5) is 17.2 Å². The Morgan fingerprint density at radius 2 is 1.78 bits per heavy atom. The Labute approximate surface area is 135 Å². The van der Waals surface area contributed by atoms with Gasteiger partial charge in [-0.1, -0.05) is 0 Å². The second-order valence-electron chi connectivity index (χ2n) is 5.77. The summed E-state index contributed by atoms with van der Waals surface area (Å²) in [5, 5.41) is 2.80. The molecule has 1 aromatic carbocycles. The fraction of sp³-hybridized carbons (Fsp3) is 0.294. The van der Waals surface area contributed by atoms with Crippen LogP contribution in [0.1, 0.15) is 10.4 Å². The number of carbonyl (C=O) groups is 1. The number of hydrogen-bond acceptors (Lipinski definition) is 5. The zero-order valence-electron chi connectivity index (χ0n) is 13.2. The van der Waals surface area contributed by atoms with Crippen molar-refractivity contribution >= 4 is 23.1 Å². The first-order valence-corrected chi connectivity index (χ1v) is 7.68. The molecule has 6 heteroatoms. The minimum absolute atomic E-state index is 0.190. The van der Waals surface area contributed by atoms with E-state index in [2.05, 4.69) is 27.1 Å². The standard InChI is InChI=1S/C17H21N5O/c1-21-8-10-22(11-9-21)15-6-7-16(19-12-15)20-17(23)13-2-4-14(18)5-3-13/h2-7,12H,8-11,18H2,1H3,(H,19,20,23). The maximum absolute atomic E-state index is 12.1. The van der Waals surface area contributed by atoms with E-state index in [0.29, 0.717) is 17.1 Å². The zero-order valence-corrected chi connectivity index (χ0v) is 13.2. The van der Waals surface area contributed by atoms with Gasteiger partial charge in [0.1, 0.15) is 5.82 Å². The maximum Gasteiger partial charge on any atom is 0.256 e. The predicted octanol–water partition coefficient (Wildman–Crippen LogP) is 1.67. The lowest BCUT2D eigenvalue weighted by Gasteiger charge is -2.33. The fourth-order valence-electron chi connectivity index (χ4n) is 2.53. The summed E-state index contributed by atoms with van der Waals surface area (Å²) < 4.78 is 0. The topological polar surface area (TPSA) is 74.5 Å². The number of aromatic nitrogens is 1. The summed E-state index contributed by atoms with van der Waals surface area (Å²) in [6.07, 6.45) is 1.81. The molecule has 1 fully saturated rings. The molecule has 1 amide bonds. The fourth-order valence-corrected chi connectivity index (χ4v) is 2.53. The van der Waals surface area contributed by atoms with Crippen LogP contribution in [0.2, 0.25) is 0 Å². The Morgan fingerprint density at radius 3 is 2.39 bits per heavy atom. The molecule has 2 heterocycles. The van der Waals surface area contributed by atoms with Gasteiger partial charge in [0, 0.05) is 37.4 Å². The van der Waals surface area contributed by atoms with E-state index in [1.165, 1.54) is 0 Å². The monoisotopic (exact) mass is 311 g/mol. The molecular weight excluding hydrogens is 290 g/mol. The Balaban J connectivity index is 1.63. The molecule has 6 nitrogen and oxygen atoms in total. The first-order chi connectivity index (χ1) is 11.1. The number of rotatable bonds is 3. The summed E-state index contributed by atoms with van der Waals surface area (Å²) in [4.78, 5) is 21.1. The number of nitrogens with one attached hydrogen (secondary N) is 1. The van der Waals surface area contributed by atoms with Gasteiger partial charge < -0.3 is 20.9 Å². The molecule has 0 atom stereocenters. The molecule has 0 aliphatic carbocycles. The predicted molar refractivity (Wildman–Crippen MR) is 92.8 cm³/mol. The van der Waals surface area contributed by atoms with Crippen LogP contribution >= 0.6 is 0 Å². The van der Waals surface area contributed by atoms with Crippen LogP contribution in [-0.4, -0.2) is 49.0 Å². The van der Waals surface area contributed by atoms with Crippen LogP contribution in [0.25, 0.3) is 0 Å². The number of nitrogen functional groups attached to an aromatic ring is 1. The molecule has 0 saturated carbocycles. The summed E-state index contributed by atoms with van der Waals surface area (Å²) in [7, 11) is 2.13. The van der Waals surface area contributed by atoms with Crippen LogP contribution in [0.5, 0.6) is 0 Å². The SMILES string of the molecule is CN1CCN(c2ccc(NC(=O)c3ccc(N)cc3)nc2)CC1. The number of carbonyl (C=O) groups excluding carboxylic acids is 1. The van der Waals surface area contributed by atoms with Crippen molar-refractivity contribution in [1.82, 2.24) is 9.88 Å². The van der Waals surface area contributed by atoms with E-state index >= 15 is 0 Å². The molecule has 0 spiro atoms. The van der Waals surface area contributed by atoms with E-state index in [-0.39, 0.29) is 5.91 Å². The highest BCUT2D eigenvalue weighted by molar-refractivity contribution is 6.03. The first-order valence-electron chi connectivity index (χ1n) is 7.68. The van der Waals surface area contributed by atoms with Gasteiger partial charge in [0.2, 0.25) is 0 Å². The van der Waals surface area contributed by atoms with Crippen molar-refractivity contribution in [3.63, 3.8) is 0 Å². The summed E-state index contributed by atoms with van der Waals surface area (Å²) >= 11 is 0. The van der Waals surface area contributed by atoms with Crippen molar-refractivity contribution in [2.24, 2.45) is 0 Å². The van der Waals surface area contributed by atoms with Gasteiger partial charge in [-0.2, -0.15) is 0 Å². The largest absolute Gasteiger partial charge is 0.399 e. The van der Waals surface area contributed by atoms with Crippen molar-refractivity contribution in [3.05, 3.63) is 48.2 Å². The lowest BCUT2D eigenvalue weighted by molar-refractivity contribution is 0.102. The molecule has 1 aliphatic heterocycles. The molecule has 1 aliphatic rings. The number of benzene rings is 1. The number of pyridine rings is 1. The van der Waals surface area contributed by atoms with E-state index in [4.69, 9.17) is 5.73 Å². The highest BCUT2D eigenvalue weighted by Gasteiger charge is 2.14. The van der Waals surface area contributed by atoms with Crippen molar-refractivity contribution in [2.45, 2.75) is 0 Å². The molecule has 23 heavy (non-hydrogen) atoms. The molecule has 2 aromatic rings. The van der Waals surface area contributed by atoms with Gasteiger partial charge >= 0.3 is 0 Å². The van der Waals surface area contributed by atoms with E-state index in [9.17, 15) is 4.79 Å².